The Labute approximate surface area is 207 Å². The number of hydrogen-bond donors (Lipinski definition) is 1. The largest absolute Gasteiger partial charge is 0.450 e. The number of guanidine groups is 1. The molecule has 0 aromatic heterocycles. The SMILES string of the molecule is CCOC(=O)N1CCN(C(=NC)NCc2c(Cl)cccc2N2CCN(C)CC2)CC1.I. The van der Waals surface area contributed by atoms with Gasteiger partial charge in [-0.3, -0.25) is 4.99 Å². The summed E-state index contributed by atoms with van der Waals surface area (Å²) in [6.07, 6.45) is -0.243. The van der Waals surface area contributed by atoms with Gasteiger partial charge in [-0.1, -0.05) is 17.7 Å². The number of carbonyl (C=O) groups excluding carboxylic acids is 1. The predicted molar refractivity (Wildman–Crippen MR) is 137 cm³/mol. The second-order valence-electron chi connectivity index (χ2n) is 7.60. The van der Waals surface area contributed by atoms with Crippen molar-refractivity contribution in [3.63, 3.8) is 0 Å². The number of hydrogen-bond acceptors (Lipinski definition) is 5. The first-order valence-electron chi connectivity index (χ1n) is 10.6. The van der Waals surface area contributed by atoms with Crippen LogP contribution in [0.2, 0.25) is 5.02 Å². The smallest absolute Gasteiger partial charge is 0.409 e. The van der Waals surface area contributed by atoms with E-state index in [2.05, 4.69) is 38.1 Å². The number of piperazine rings is 2. The van der Waals surface area contributed by atoms with Crippen molar-refractivity contribution in [3.05, 3.63) is 28.8 Å². The van der Waals surface area contributed by atoms with Crippen LogP contribution in [-0.2, 0) is 11.3 Å². The molecule has 2 saturated heterocycles. The fourth-order valence-corrected chi connectivity index (χ4v) is 4.12. The lowest BCUT2D eigenvalue weighted by Crippen LogP contribution is -2.53. The predicted octanol–water partition coefficient (Wildman–Crippen LogP) is 2.56. The summed E-state index contributed by atoms with van der Waals surface area (Å²) in [6, 6.07) is 6.11. The van der Waals surface area contributed by atoms with Crippen LogP contribution in [-0.4, -0.2) is 99.8 Å². The zero-order valence-electron chi connectivity index (χ0n) is 18.6. The summed E-state index contributed by atoms with van der Waals surface area (Å²) in [4.78, 5) is 25.0. The van der Waals surface area contributed by atoms with Crippen LogP contribution in [0.25, 0.3) is 0 Å². The lowest BCUT2D eigenvalue weighted by molar-refractivity contribution is 0.0914. The molecular weight excluding hydrogens is 531 g/mol. The molecule has 0 spiro atoms. The molecule has 174 valence electrons. The number of halogens is 2. The number of likely N-dealkylation sites (N-methyl/N-ethyl adjacent to an activating group) is 1. The van der Waals surface area contributed by atoms with Crippen molar-refractivity contribution < 1.29 is 9.53 Å². The normalized spacial score (nSPS) is 17.9. The number of nitrogens with zero attached hydrogens (tertiary/aromatic N) is 5. The van der Waals surface area contributed by atoms with Gasteiger partial charge in [-0.2, -0.15) is 0 Å². The van der Waals surface area contributed by atoms with Crippen LogP contribution in [0.5, 0.6) is 0 Å². The average Bonchev–Trinajstić information content (AvgIpc) is 2.76. The van der Waals surface area contributed by atoms with Gasteiger partial charge in [0.05, 0.1) is 6.61 Å². The maximum Gasteiger partial charge on any atom is 0.409 e. The highest BCUT2D eigenvalue weighted by Gasteiger charge is 2.24. The summed E-state index contributed by atoms with van der Waals surface area (Å²) < 4.78 is 5.10. The van der Waals surface area contributed by atoms with Gasteiger partial charge in [0.1, 0.15) is 0 Å². The zero-order valence-corrected chi connectivity index (χ0v) is 21.7. The lowest BCUT2D eigenvalue weighted by atomic mass is 10.1. The van der Waals surface area contributed by atoms with Gasteiger partial charge >= 0.3 is 6.09 Å². The number of carbonyl (C=O) groups is 1. The molecule has 1 amide bonds. The fourth-order valence-electron chi connectivity index (χ4n) is 3.88. The Balaban J connectivity index is 0.00000341. The van der Waals surface area contributed by atoms with E-state index in [4.69, 9.17) is 16.3 Å². The fraction of sp³-hybridized carbons (Fsp3) is 0.619. The molecule has 31 heavy (non-hydrogen) atoms. The van der Waals surface area contributed by atoms with E-state index in [-0.39, 0.29) is 30.1 Å². The molecule has 0 saturated carbocycles. The maximum atomic E-state index is 11.9. The Morgan fingerprint density at radius 3 is 2.35 bits per heavy atom. The van der Waals surface area contributed by atoms with Crippen molar-refractivity contribution in [3.8, 4) is 0 Å². The van der Waals surface area contributed by atoms with Crippen molar-refractivity contribution in [1.29, 1.82) is 0 Å². The maximum absolute atomic E-state index is 11.9. The Kier molecular flexibility index (Phi) is 10.4. The third-order valence-corrected chi connectivity index (χ3v) is 6.03. The minimum atomic E-state index is -0.243. The van der Waals surface area contributed by atoms with Crippen LogP contribution in [0, 0.1) is 0 Å². The van der Waals surface area contributed by atoms with Gasteiger partial charge < -0.3 is 29.7 Å². The molecule has 1 aromatic carbocycles. The number of amides is 1. The number of ether oxygens (including phenoxy) is 1. The van der Waals surface area contributed by atoms with Crippen LogP contribution in [0.1, 0.15) is 12.5 Å². The third-order valence-electron chi connectivity index (χ3n) is 5.68. The number of nitrogens with one attached hydrogen (secondary N) is 1. The van der Waals surface area contributed by atoms with E-state index in [0.717, 1.165) is 42.7 Å². The molecule has 2 aliphatic heterocycles. The minimum absolute atomic E-state index is 0. The summed E-state index contributed by atoms with van der Waals surface area (Å²) in [5.41, 5.74) is 2.28. The molecule has 1 N–H and O–H groups in total. The van der Waals surface area contributed by atoms with Gasteiger partial charge in [-0.15, -0.1) is 24.0 Å². The molecule has 0 unspecified atom stereocenters. The summed E-state index contributed by atoms with van der Waals surface area (Å²) in [6.45, 7) is 9.59. The van der Waals surface area contributed by atoms with Crippen LogP contribution >= 0.6 is 35.6 Å². The number of rotatable bonds is 4. The zero-order chi connectivity index (χ0) is 21.5. The Hall–Kier alpha value is -1.46. The van der Waals surface area contributed by atoms with Gasteiger partial charge in [0.15, 0.2) is 5.96 Å². The summed E-state index contributed by atoms with van der Waals surface area (Å²) in [5, 5.41) is 4.24. The summed E-state index contributed by atoms with van der Waals surface area (Å²) in [7, 11) is 3.94. The van der Waals surface area contributed by atoms with E-state index in [9.17, 15) is 4.79 Å². The molecule has 0 atom stereocenters. The number of aliphatic imine (C=N–C) groups is 1. The first kappa shape index (κ1) is 25.8. The van der Waals surface area contributed by atoms with Crippen LogP contribution in [0.3, 0.4) is 0 Å². The first-order chi connectivity index (χ1) is 14.5. The minimum Gasteiger partial charge on any atom is -0.450 e. The van der Waals surface area contributed by atoms with Crippen LogP contribution in [0.15, 0.2) is 23.2 Å². The molecule has 2 fully saturated rings. The summed E-state index contributed by atoms with van der Waals surface area (Å²) >= 11 is 6.58. The van der Waals surface area contributed by atoms with Crippen molar-refractivity contribution >= 4 is 53.3 Å². The van der Waals surface area contributed by atoms with E-state index in [0.29, 0.717) is 39.3 Å². The van der Waals surface area contributed by atoms with E-state index in [1.165, 1.54) is 5.69 Å². The van der Waals surface area contributed by atoms with Crippen LogP contribution in [0.4, 0.5) is 10.5 Å². The highest BCUT2D eigenvalue weighted by molar-refractivity contribution is 14.0. The second kappa shape index (κ2) is 12.5. The van der Waals surface area contributed by atoms with Crippen molar-refractivity contribution in [2.75, 3.05) is 78.0 Å². The lowest BCUT2D eigenvalue weighted by Gasteiger charge is -2.37. The van der Waals surface area contributed by atoms with Crippen molar-refractivity contribution in [2.24, 2.45) is 4.99 Å². The highest BCUT2D eigenvalue weighted by atomic mass is 127. The van der Waals surface area contributed by atoms with Gasteiger partial charge in [0.25, 0.3) is 0 Å². The Morgan fingerprint density at radius 1 is 1.10 bits per heavy atom. The van der Waals surface area contributed by atoms with Crippen molar-refractivity contribution in [1.82, 2.24) is 20.0 Å². The monoisotopic (exact) mass is 564 g/mol. The molecular formula is C21H34ClIN6O2. The topological polar surface area (TPSA) is 63.7 Å². The highest BCUT2D eigenvalue weighted by Crippen LogP contribution is 2.28. The quantitative estimate of drug-likeness (QED) is 0.345. The van der Waals surface area contributed by atoms with Gasteiger partial charge in [0.2, 0.25) is 0 Å². The molecule has 2 aliphatic rings. The van der Waals surface area contributed by atoms with Gasteiger partial charge in [-0.25, -0.2) is 4.79 Å². The Bertz CT molecular complexity index is 749. The number of anilines is 1. The number of benzene rings is 1. The van der Waals surface area contributed by atoms with E-state index < -0.39 is 0 Å². The van der Waals surface area contributed by atoms with Crippen LogP contribution < -0.4 is 10.2 Å². The molecule has 8 nitrogen and oxygen atoms in total. The Morgan fingerprint density at radius 2 is 1.74 bits per heavy atom. The van der Waals surface area contributed by atoms with E-state index >= 15 is 0 Å². The molecule has 2 heterocycles. The van der Waals surface area contributed by atoms with E-state index in [1.54, 1.807) is 11.9 Å². The van der Waals surface area contributed by atoms with Gasteiger partial charge in [-0.05, 0) is 26.1 Å². The third kappa shape index (κ3) is 6.76. The molecule has 0 radical (unpaired) electrons. The molecule has 3 rings (SSSR count). The average molecular weight is 565 g/mol. The molecule has 0 aliphatic carbocycles. The molecule has 0 bridgehead atoms. The first-order valence-corrected chi connectivity index (χ1v) is 11.0. The summed E-state index contributed by atoms with van der Waals surface area (Å²) in [5.74, 6) is 0.822. The standard InChI is InChI=1S/C21H33ClN6O2.HI/c1-4-30-21(29)28-14-12-27(13-15-28)20(23-2)24-16-17-18(22)6-5-7-19(17)26-10-8-25(3)9-11-26;/h5-7H,4,8-16H2,1-3H3,(H,23,24);1H. The van der Waals surface area contributed by atoms with Gasteiger partial charge in [0, 0.05) is 82.2 Å². The second-order valence-corrected chi connectivity index (χ2v) is 8.01. The van der Waals surface area contributed by atoms with E-state index in [1.807, 2.05) is 19.1 Å². The molecule has 10 heteroatoms. The molecule has 1 aromatic rings. The van der Waals surface area contributed by atoms with Crippen molar-refractivity contribution in [2.45, 2.75) is 13.5 Å².